The topological polar surface area (TPSA) is 0 Å². The summed E-state index contributed by atoms with van der Waals surface area (Å²) in [4.78, 5) is 0. The van der Waals surface area contributed by atoms with E-state index in [1.54, 1.807) is 10.8 Å². The maximum Gasteiger partial charge on any atom is 0.0520 e. The molecular weight excluding hydrogens is 148 g/mol. The molecule has 0 aliphatic rings. The second-order valence-electron chi connectivity index (χ2n) is 3.21. The van der Waals surface area contributed by atoms with Crippen molar-refractivity contribution >= 4 is 14.7 Å². The number of benzene rings is 1. The molecule has 0 aromatic heterocycles. The molecule has 1 rings (SSSR count). The molecule has 11 heavy (non-hydrogen) atoms. The first-order chi connectivity index (χ1) is 5.25. The van der Waals surface area contributed by atoms with E-state index in [9.17, 15) is 0 Å². The molecular formula is C10H16Si. The van der Waals surface area contributed by atoms with Crippen LogP contribution in [0.5, 0.6) is 0 Å². The van der Waals surface area contributed by atoms with Gasteiger partial charge in [-0.1, -0.05) is 49.8 Å². The van der Waals surface area contributed by atoms with Gasteiger partial charge >= 0.3 is 0 Å². The smallest absolute Gasteiger partial charge is 0.0520 e. The Balaban J connectivity index is 3.02. The molecule has 0 saturated heterocycles. The zero-order chi connectivity index (χ0) is 8.27. The fourth-order valence-electron chi connectivity index (χ4n) is 1.42. The summed E-state index contributed by atoms with van der Waals surface area (Å²) < 4.78 is 0. The third kappa shape index (κ3) is 1.93. The van der Waals surface area contributed by atoms with E-state index in [-0.39, 0.29) is 9.52 Å². The van der Waals surface area contributed by atoms with Crippen LogP contribution in [-0.2, 0) is 0 Å². The Labute approximate surface area is 71.5 Å². The average molecular weight is 164 g/mol. The fraction of sp³-hybridized carbons (Fsp3) is 0.400. The summed E-state index contributed by atoms with van der Waals surface area (Å²) >= 11 is 0. The molecule has 0 radical (unpaired) electrons. The van der Waals surface area contributed by atoms with Gasteiger partial charge in [0.2, 0.25) is 0 Å². The summed E-state index contributed by atoms with van der Waals surface area (Å²) in [6.45, 7) is 6.88. The molecule has 1 aromatic carbocycles. The molecule has 0 N–H and O–H groups in total. The van der Waals surface area contributed by atoms with Crippen molar-refractivity contribution in [1.29, 1.82) is 0 Å². The van der Waals surface area contributed by atoms with Gasteiger partial charge in [0.15, 0.2) is 0 Å². The van der Waals surface area contributed by atoms with Gasteiger partial charge in [0.25, 0.3) is 0 Å². The lowest BCUT2D eigenvalue weighted by Gasteiger charge is -2.09. The van der Waals surface area contributed by atoms with Crippen molar-refractivity contribution in [3.05, 3.63) is 29.8 Å². The van der Waals surface area contributed by atoms with Crippen molar-refractivity contribution in [2.45, 2.75) is 26.3 Å². The zero-order valence-corrected chi connectivity index (χ0v) is 9.01. The first kappa shape index (κ1) is 8.53. The Hall–Kier alpha value is -0.563. The number of hydrogen-bond acceptors (Lipinski definition) is 0. The Kier molecular flexibility index (Phi) is 2.89. The maximum atomic E-state index is 2.35. The lowest BCUT2D eigenvalue weighted by atomic mass is 10.0. The highest BCUT2D eigenvalue weighted by molar-refractivity contribution is 6.52. The molecule has 0 atom stereocenters. The first-order valence-corrected chi connectivity index (χ1v) is 6.45. The summed E-state index contributed by atoms with van der Waals surface area (Å²) in [6.07, 6.45) is 0. The van der Waals surface area contributed by atoms with E-state index in [0.717, 1.165) is 0 Å². The van der Waals surface area contributed by atoms with E-state index >= 15 is 0 Å². The lowest BCUT2D eigenvalue weighted by molar-refractivity contribution is 0.873. The van der Waals surface area contributed by atoms with E-state index in [1.165, 1.54) is 0 Å². The SMILES string of the molecule is C[SiH2]c1ccccc1C(C)C. The molecule has 60 valence electrons. The van der Waals surface area contributed by atoms with Gasteiger partial charge in [-0.3, -0.25) is 0 Å². The van der Waals surface area contributed by atoms with Crippen LogP contribution >= 0.6 is 0 Å². The van der Waals surface area contributed by atoms with Crippen LogP contribution < -0.4 is 5.19 Å². The minimum Gasteiger partial charge on any atom is -0.0708 e. The molecule has 0 amide bonds. The first-order valence-electron chi connectivity index (χ1n) is 4.33. The van der Waals surface area contributed by atoms with Gasteiger partial charge in [0.1, 0.15) is 0 Å². The van der Waals surface area contributed by atoms with Gasteiger partial charge in [-0.2, -0.15) is 0 Å². The molecule has 0 unspecified atom stereocenters. The van der Waals surface area contributed by atoms with Crippen LogP contribution in [0.3, 0.4) is 0 Å². The number of rotatable bonds is 2. The summed E-state index contributed by atoms with van der Waals surface area (Å²) in [7, 11) is 0.0196. The lowest BCUT2D eigenvalue weighted by Crippen LogP contribution is -2.16. The van der Waals surface area contributed by atoms with Crippen LogP contribution in [0.2, 0.25) is 6.55 Å². The van der Waals surface area contributed by atoms with E-state index in [0.29, 0.717) is 5.92 Å². The molecule has 0 aliphatic heterocycles. The van der Waals surface area contributed by atoms with Gasteiger partial charge in [0.05, 0.1) is 9.52 Å². The van der Waals surface area contributed by atoms with Crippen molar-refractivity contribution in [2.75, 3.05) is 0 Å². The van der Waals surface area contributed by atoms with Crippen LogP contribution in [0.15, 0.2) is 24.3 Å². The molecule has 0 fully saturated rings. The monoisotopic (exact) mass is 164 g/mol. The highest BCUT2D eigenvalue weighted by Crippen LogP contribution is 2.10. The molecule has 0 nitrogen and oxygen atoms in total. The van der Waals surface area contributed by atoms with Gasteiger partial charge in [-0.05, 0) is 11.5 Å². The van der Waals surface area contributed by atoms with Crippen molar-refractivity contribution < 1.29 is 0 Å². The van der Waals surface area contributed by atoms with E-state index in [2.05, 4.69) is 44.7 Å². The minimum atomic E-state index is 0.0196. The molecule has 0 spiro atoms. The van der Waals surface area contributed by atoms with E-state index in [1.807, 2.05) is 0 Å². The second kappa shape index (κ2) is 3.72. The second-order valence-corrected chi connectivity index (χ2v) is 4.68. The molecule has 0 aliphatic carbocycles. The van der Waals surface area contributed by atoms with Crippen LogP contribution in [0.25, 0.3) is 0 Å². The zero-order valence-electron chi connectivity index (χ0n) is 7.59. The maximum absolute atomic E-state index is 2.35. The predicted octanol–water partition coefficient (Wildman–Crippen LogP) is 1.65. The Morgan fingerprint density at radius 2 is 1.82 bits per heavy atom. The van der Waals surface area contributed by atoms with Gasteiger partial charge in [-0.15, -0.1) is 0 Å². The summed E-state index contributed by atoms with van der Waals surface area (Å²) in [6, 6.07) is 8.83. The fourth-order valence-corrected chi connectivity index (χ4v) is 2.73. The normalized spacial score (nSPS) is 11.6. The quantitative estimate of drug-likeness (QED) is 0.583. The molecule has 0 bridgehead atoms. The summed E-state index contributed by atoms with van der Waals surface area (Å²) in [5.41, 5.74) is 1.56. The molecule has 0 saturated carbocycles. The van der Waals surface area contributed by atoms with Crippen LogP contribution in [-0.4, -0.2) is 9.52 Å². The summed E-state index contributed by atoms with van der Waals surface area (Å²) in [5, 5.41) is 1.63. The van der Waals surface area contributed by atoms with Crippen molar-refractivity contribution in [3.8, 4) is 0 Å². The standard InChI is InChI=1S/C10H16Si/c1-8(2)9-6-4-5-7-10(9)11-3/h4-8H,11H2,1-3H3. The number of hydrogen-bond donors (Lipinski definition) is 0. The predicted molar refractivity (Wildman–Crippen MR) is 54.6 cm³/mol. The van der Waals surface area contributed by atoms with Crippen LogP contribution in [0.1, 0.15) is 25.3 Å². The van der Waals surface area contributed by atoms with Gasteiger partial charge in [0, 0.05) is 0 Å². The van der Waals surface area contributed by atoms with Crippen molar-refractivity contribution in [3.63, 3.8) is 0 Å². The largest absolute Gasteiger partial charge is 0.0708 e. The third-order valence-electron chi connectivity index (χ3n) is 2.06. The van der Waals surface area contributed by atoms with Crippen molar-refractivity contribution in [2.24, 2.45) is 0 Å². The highest BCUT2D eigenvalue weighted by atomic mass is 28.2. The summed E-state index contributed by atoms with van der Waals surface area (Å²) in [5.74, 6) is 0.693. The van der Waals surface area contributed by atoms with E-state index < -0.39 is 0 Å². The van der Waals surface area contributed by atoms with Gasteiger partial charge in [-0.25, -0.2) is 0 Å². The van der Waals surface area contributed by atoms with Gasteiger partial charge < -0.3 is 0 Å². The Morgan fingerprint density at radius 1 is 1.18 bits per heavy atom. The third-order valence-corrected chi connectivity index (χ3v) is 3.46. The Bertz CT molecular complexity index is 228. The van der Waals surface area contributed by atoms with Crippen LogP contribution in [0.4, 0.5) is 0 Å². The molecule has 0 heterocycles. The van der Waals surface area contributed by atoms with E-state index in [4.69, 9.17) is 0 Å². The average Bonchev–Trinajstić information content (AvgIpc) is 2.04. The minimum absolute atomic E-state index is 0.0196. The van der Waals surface area contributed by atoms with Crippen molar-refractivity contribution in [1.82, 2.24) is 0 Å². The molecule has 1 aromatic rings. The molecule has 1 heteroatoms. The van der Waals surface area contributed by atoms with Crippen LogP contribution in [0, 0.1) is 0 Å². The Morgan fingerprint density at radius 3 is 2.27 bits per heavy atom. The highest BCUT2D eigenvalue weighted by Gasteiger charge is 2.02.